The molecule has 1 aromatic carbocycles. The van der Waals surface area contributed by atoms with Crippen molar-refractivity contribution in [3.8, 4) is 0 Å². The van der Waals surface area contributed by atoms with Gasteiger partial charge in [0.15, 0.2) is 0 Å². The van der Waals surface area contributed by atoms with Crippen LogP contribution in [0, 0.1) is 6.92 Å². The molecule has 1 unspecified atom stereocenters. The van der Waals surface area contributed by atoms with Gasteiger partial charge in [-0.05, 0) is 44.1 Å². The Labute approximate surface area is 143 Å². The summed E-state index contributed by atoms with van der Waals surface area (Å²) in [6.07, 6.45) is 3.84. The topological polar surface area (TPSA) is 26.5 Å². The fraction of sp³-hybridized carbons (Fsp3) is 0.529. The van der Waals surface area contributed by atoms with E-state index in [-0.39, 0.29) is 10.9 Å². The minimum absolute atomic E-state index is 0.141. The van der Waals surface area contributed by atoms with Crippen molar-refractivity contribution >= 4 is 34.5 Å². The Kier molecular flexibility index (Phi) is 5.50. The van der Waals surface area contributed by atoms with Crippen LogP contribution in [0.5, 0.6) is 0 Å². The number of hydroxylamine groups is 1. The first-order chi connectivity index (χ1) is 10.3. The lowest BCUT2D eigenvalue weighted by molar-refractivity contribution is -0.808. The zero-order valence-corrected chi connectivity index (χ0v) is 15.4. The van der Waals surface area contributed by atoms with Gasteiger partial charge in [0.25, 0.3) is 6.17 Å². The molecular weight excluding hydrogens is 312 g/mol. The molecule has 22 heavy (non-hydrogen) atoms. The predicted molar refractivity (Wildman–Crippen MR) is 98.1 cm³/mol. The summed E-state index contributed by atoms with van der Waals surface area (Å²) < 4.78 is 2.05. The number of benzene rings is 1. The lowest BCUT2D eigenvalue weighted by Gasteiger charge is -2.25. The molecule has 1 aromatic rings. The molecule has 1 atom stereocenters. The van der Waals surface area contributed by atoms with Crippen molar-refractivity contribution < 1.29 is 9.95 Å². The zero-order valence-electron chi connectivity index (χ0n) is 13.7. The molecule has 0 amide bonds. The average Bonchev–Trinajstić information content (AvgIpc) is 2.67. The van der Waals surface area contributed by atoms with Gasteiger partial charge < -0.3 is 0 Å². The van der Waals surface area contributed by atoms with Gasteiger partial charge in [0.1, 0.15) is 9.07 Å². The summed E-state index contributed by atoms with van der Waals surface area (Å²) in [6.45, 7) is 9.37. The SMILES string of the molecule is CCCCN1C(=S)SC(C)(C)C1[N+](O)=Cc1ccc(C)cc1. The Morgan fingerprint density at radius 1 is 1.36 bits per heavy atom. The molecule has 3 nitrogen and oxygen atoms in total. The van der Waals surface area contributed by atoms with Crippen molar-refractivity contribution in [3.63, 3.8) is 0 Å². The van der Waals surface area contributed by atoms with E-state index in [2.05, 4.69) is 32.6 Å². The van der Waals surface area contributed by atoms with Crippen LogP contribution in [0.25, 0.3) is 0 Å². The number of hydrogen-bond donors (Lipinski definition) is 1. The normalized spacial score (nSPS) is 21.5. The molecule has 1 heterocycles. The van der Waals surface area contributed by atoms with Crippen LogP contribution < -0.4 is 0 Å². The molecule has 1 N–H and O–H groups in total. The van der Waals surface area contributed by atoms with Gasteiger partial charge in [-0.3, -0.25) is 10.1 Å². The van der Waals surface area contributed by atoms with Crippen LogP contribution in [-0.4, -0.2) is 42.8 Å². The van der Waals surface area contributed by atoms with Crippen molar-refractivity contribution in [3.05, 3.63) is 35.4 Å². The molecule has 0 aromatic heterocycles. The van der Waals surface area contributed by atoms with E-state index in [0.717, 1.165) is 29.3 Å². The summed E-state index contributed by atoms with van der Waals surface area (Å²) in [5.41, 5.74) is 2.20. The largest absolute Gasteiger partial charge is 0.295 e. The number of hydrogen-bond acceptors (Lipinski definition) is 3. The number of thioether (sulfide) groups is 1. The first-order valence-electron chi connectivity index (χ1n) is 7.73. The standard InChI is InChI=1S/C17H25N2OS2/c1-5-6-11-18-15(17(3,4)22-16(18)21)19(20)12-14-9-7-13(2)8-10-14/h7-10,12,15,20H,5-6,11H2,1-4H3/q+1. The van der Waals surface area contributed by atoms with Crippen LogP contribution in [0.2, 0.25) is 0 Å². The van der Waals surface area contributed by atoms with Gasteiger partial charge in [-0.15, -0.1) is 0 Å². The maximum Gasteiger partial charge on any atom is 0.292 e. The van der Waals surface area contributed by atoms with Gasteiger partial charge >= 0.3 is 0 Å². The Bertz CT molecular complexity index is 567. The number of thiocarbonyl (C=S) groups is 1. The van der Waals surface area contributed by atoms with E-state index in [1.165, 1.54) is 10.3 Å². The summed E-state index contributed by atoms with van der Waals surface area (Å²) in [5.74, 6) is 0. The van der Waals surface area contributed by atoms with Crippen molar-refractivity contribution in [2.45, 2.75) is 51.4 Å². The van der Waals surface area contributed by atoms with E-state index in [4.69, 9.17) is 12.2 Å². The third kappa shape index (κ3) is 3.82. The van der Waals surface area contributed by atoms with Gasteiger partial charge in [-0.25, -0.2) is 0 Å². The van der Waals surface area contributed by atoms with Gasteiger partial charge in [-0.2, -0.15) is 0 Å². The second-order valence-corrected chi connectivity index (χ2v) is 8.60. The highest BCUT2D eigenvalue weighted by atomic mass is 32.2. The number of nitrogens with zero attached hydrogens (tertiary/aromatic N) is 2. The molecule has 1 aliphatic heterocycles. The molecule has 0 bridgehead atoms. The molecule has 2 rings (SSSR count). The Balaban J connectivity index is 2.28. The fourth-order valence-electron chi connectivity index (χ4n) is 2.69. The first-order valence-corrected chi connectivity index (χ1v) is 8.96. The third-order valence-corrected chi connectivity index (χ3v) is 5.49. The summed E-state index contributed by atoms with van der Waals surface area (Å²) in [6, 6.07) is 8.13. The van der Waals surface area contributed by atoms with Crippen LogP contribution >= 0.6 is 24.0 Å². The molecule has 1 saturated heterocycles. The molecular formula is C17H25N2OS2+. The van der Waals surface area contributed by atoms with Gasteiger partial charge in [0.05, 0.1) is 0 Å². The molecule has 0 spiro atoms. The smallest absolute Gasteiger partial charge is 0.292 e. The molecule has 1 fully saturated rings. The van der Waals surface area contributed by atoms with Crippen molar-refractivity contribution in [2.75, 3.05) is 6.54 Å². The summed E-state index contributed by atoms with van der Waals surface area (Å²) in [7, 11) is 0. The summed E-state index contributed by atoms with van der Waals surface area (Å²) in [4.78, 5) is 2.15. The summed E-state index contributed by atoms with van der Waals surface area (Å²) in [5, 5.41) is 10.7. The molecule has 0 aliphatic carbocycles. The highest BCUT2D eigenvalue weighted by Crippen LogP contribution is 2.41. The van der Waals surface area contributed by atoms with Crippen LogP contribution in [0.15, 0.2) is 24.3 Å². The molecule has 5 heteroatoms. The van der Waals surface area contributed by atoms with E-state index in [9.17, 15) is 5.21 Å². The van der Waals surface area contributed by atoms with Crippen LogP contribution in [-0.2, 0) is 0 Å². The van der Waals surface area contributed by atoms with E-state index >= 15 is 0 Å². The lowest BCUT2D eigenvalue weighted by atomic mass is 10.1. The fourth-order valence-corrected chi connectivity index (χ4v) is 4.63. The molecule has 0 radical (unpaired) electrons. The van der Waals surface area contributed by atoms with Crippen molar-refractivity contribution in [1.29, 1.82) is 0 Å². The molecule has 0 saturated carbocycles. The van der Waals surface area contributed by atoms with Crippen molar-refractivity contribution in [1.82, 2.24) is 4.90 Å². The molecule has 120 valence electrons. The quantitative estimate of drug-likeness (QED) is 0.288. The zero-order chi connectivity index (χ0) is 16.3. The van der Waals surface area contributed by atoms with E-state index in [1.807, 2.05) is 24.3 Å². The van der Waals surface area contributed by atoms with Crippen LogP contribution in [0.1, 0.15) is 44.7 Å². The Morgan fingerprint density at radius 3 is 2.59 bits per heavy atom. The van der Waals surface area contributed by atoms with E-state index < -0.39 is 0 Å². The second kappa shape index (κ2) is 7.01. The lowest BCUT2D eigenvalue weighted by Crippen LogP contribution is -2.49. The minimum atomic E-state index is -0.152. The monoisotopic (exact) mass is 337 g/mol. The first kappa shape index (κ1) is 17.3. The Morgan fingerprint density at radius 2 is 2.00 bits per heavy atom. The van der Waals surface area contributed by atoms with Crippen molar-refractivity contribution in [2.24, 2.45) is 0 Å². The highest BCUT2D eigenvalue weighted by Gasteiger charge is 2.52. The predicted octanol–water partition coefficient (Wildman–Crippen LogP) is 4.05. The minimum Gasteiger partial charge on any atom is -0.295 e. The van der Waals surface area contributed by atoms with E-state index in [0.29, 0.717) is 0 Å². The average molecular weight is 338 g/mol. The molecule has 1 aliphatic rings. The second-order valence-electron chi connectivity index (χ2n) is 6.31. The maximum atomic E-state index is 10.7. The van der Waals surface area contributed by atoms with Gasteiger partial charge in [-0.1, -0.05) is 55.0 Å². The number of rotatable bonds is 5. The van der Waals surface area contributed by atoms with Gasteiger partial charge in [0, 0.05) is 12.1 Å². The highest BCUT2D eigenvalue weighted by molar-refractivity contribution is 8.24. The van der Waals surface area contributed by atoms with Crippen LogP contribution in [0.4, 0.5) is 0 Å². The number of unbranched alkanes of at least 4 members (excludes halogenated alkanes) is 1. The summed E-state index contributed by atoms with van der Waals surface area (Å²) >= 11 is 7.18. The maximum absolute atomic E-state index is 10.7. The third-order valence-electron chi connectivity index (χ3n) is 3.86. The van der Waals surface area contributed by atoms with Gasteiger partial charge in [0.2, 0.25) is 6.21 Å². The Hall–Kier alpha value is -1.07. The number of aryl methyl sites for hydroxylation is 1. The van der Waals surface area contributed by atoms with E-state index in [1.54, 1.807) is 18.0 Å². The van der Waals surface area contributed by atoms with Crippen LogP contribution in [0.3, 0.4) is 0 Å².